The number of hydrogen-bond acceptors (Lipinski definition) is 4. The second-order valence-corrected chi connectivity index (χ2v) is 8.99. The highest BCUT2D eigenvalue weighted by atomic mass is 35.5. The zero-order valence-electron chi connectivity index (χ0n) is 13.8. The highest BCUT2D eigenvalue weighted by Gasteiger charge is 2.39. The van der Waals surface area contributed by atoms with Gasteiger partial charge in [-0.2, -0.15) is 0 Å². The van der Waals surface area contributed by atoms with Crippen molar-refractivity contribution in [1.29, 1.82) is 0 Å². The summed E-state index contributed by atoms with van der Waals surface area (Å²) in [5, 5.41) is 3.17. The van der Waals surface area contributed by atoms with Crippen LogP contribution in [0.15, 0.2) is 29.2 Å². The summed E-state index contributed by atoms with van der Waals surface area (Å²) in [6.45, 7) is 0. The van der Waals surface area contributed by atoms with Gasteiger partial charge in [0.05, 0.1) is 4.90 Å². The Kier molecular flexibility index (Phi) is 5.94. The molecule has 0 aromatic heterocycles. The van der Waals surface area contributed by atoms with Crippen LogP contribution in [0.4, 0.5) is 0 Å². The lowest BCUT2D eigenvalue weighted by molar-refractivity contribution is 0.0756. The first-order valence-electron chi connectivity index (χ1n) is 8.21. The first kappa shape index (κ1) is 19.2. The molecule has 134 valence electrons. The minimum atomic E-state index is -3.24. The fourth-order valence-corrected chi connectivity index (χ4v) is 4.74. The van der Waals surface area contributed by atoms with E-state index >= 15 is 0 Å². The summed E-state index contributed by atoms with van der Waals surface area (Å²) in [5.41, 5.74) is 6.62. The number of nitrogens with two attached hydrogens (primary N) is 1. The van der Waals surface area contributed by atoms with Crippen molar-refractivity contribution in [2.45, 2.75) is 49.1 Å². The number of halogens is 1. The summed E-state index contributed by atoms with van der Waals surface area (Å²) in [4.78, 5) is 12.7. The van der Waals surface area contributed by atoms with Gasteiger partial charge in [-0.3, -0.25) is 4.79 Å². The molecule has 1 aromatic carbocycles. The van der Waals surface area contributed by atoms with E-state index < -0.39 is 9.84 Å². The minimum Gasteiger partial charge on any atom is -0.349 e. The van der Waals surface area contributed by atoms with E-state index in [1.807, 2.05) is 0 Å². The fraction of sp³-hybridized carbons (Fsp3) is 0.588. The average molecular weight is 373 g/mol. The number of benzene rings is 1. The number of sulfone groups is 1. The monoisotopic (exact) mass is 372 g/mol. The molecule has 0 saturated heterocycles. The van der Waals surface area contributed by atoms with Crippen molar-refractivity contribution in [1.82, 2.24) is 5.32 Å². The van der Waals surface area contributed by atoms with Crippen molar-refractivity contribution >= 4 is 28.2 Å². The highest BCUT2D eigenvalue weighted by Crippen LogP contribution is 2.39. The lowest BCUT2D eigenvalue weighted by Crippen LogP contribution is -2.53. The van der Waals surface area contributed by atoms with Gasteiger partial charge in [-0.25, -0.2) is 8.42 Å². The van der Waals surface area contributed by atoms with Gasteiger partial charge < -0.3 is 11.1 Å². The smallest absolute Gasteiger partial charge is 0.251 e. The van der Waals surface area contributed by atoms with Crippen molar-refractivity contribution in [3.05, 3.63) is 29.8 Å². The van der Waals surface area contributed by atoms with E-state index in [2.05, 4.69) is 5.32 Å². The lowest BCUT2D eigenvalue weighted by atomic mass is 9.67. The molecule has 0 aliphatic heterocycles. The molecule has 2 atom stereocenters. The van der Waals surface area contributed by atoms with Crippen LogP contribution in [0, 0.1) is 11.8 Å². The molecule has 2 aliphatic carbocycles. The van der Waals surface area contributed by atoms with Gasteiger partial charge in [0.1, 0.15) is 0 Å². The van der Waals surface area contributed by atoms with E-state index in [1.54, 1.807) is 12.1 Å². The maximum atomic E-state index is 12.5. The molecule has 2 bridgehead atoms. The lowest BCUT2D eigenvalue weighted by Gasteiger charge is -2.45. The van der Waals surface area contributed by atoms with Crippen molar-refractivity contribution in [3.8, 4) is 0 Å². The maximum Gasteiger partial charge on any atom is 0.251 e. The number of rotatable bonds is 3. The summed E-state index contributed by atoms with van der Waals surface area (Å²) in [7, 11) is -3.24. The van der Waals surface area contributed by atoms with Gasteiger partial charge in [0.2, 0.25) is 0 Å². The Bertz CT molecular complexity index is 676. The van der Waals surface area contributed by atoms with Gasteiger partial charge in [-0.15, -0.1) is 12.4 Å². The number of amides is 1. The molecule has 7 heteroatoms. The van der Waals surface area contributed by atoms with Crippen LogP contribution >= 0.6 is 12.4 Å². The number of carbonyl (C=O) groups is 1. The number of carbonyl (C=O) groups excluding carboxylic acids is 1. The van der Waals surface area contributed by atoms with Crippen LogP contribution < -0.4 is 11.1 Å². The number of hydrogen-bond donors (Lipinski definition) is 2. The fourth-order valence-electron chi connectivity index (χ4n) is 4.11. The van der Waals surface area contributed by atoms with Crippen LogP contribution in [0.1, 0.15) is 42.5 Å². The summed E-state index contributed by atoms with van der Waals surface area (Å²) in [6.07, 6.45) is 6.60. The topological polar surface area (TPSA) is 89.3 Å². The quantitative estimate of drug-likeness (QED) is 0.850. The Morgan fingerprint density at radius 3 is 2.17 bits per heavy atom. The van der Waals surface area contributed by atoms with Crippen LogP contribution in [0.3, 0.4) is 0 Å². The molecule has 24 heavy (non-hydrogen) atoms. The summed E-state index contributed by atoms with van der Waals surface area (Å²) in [6, 6.07) is 6.59. The number of nitrogens with one attached hydrogen (secondary N) is 1. The molecule has 3 N–H and O–H groups in total. The predicted molar refractivity (Wildman–Crippen MR) is 96.1 cm³/mol. The zero-order valence-corrected chi connectivity index (χ0v) is 15.4. The van der Waals surface area contributed by atoms with Gasteiger partial charge in [-0.1, -0.05) is 6.42 Å². The van der Waals surface area contributed by atoms with E-state index in [1.165, 1.54) is 18.6 Å². The summed E-state index contributed by atoms with van der Waals surface area (Å²) in [5.74, 6) is 0.816. The minimum absolute atomic E-state index is 0. The molecule has 2 fully saturated rings. The molecule has 1 aromatic rings. The molecule has 2 saturated carbocycles. The van der Waals surface area contributed by atoms with Crippen molar-refractivity contribution in [3.63, 3.8) is 0 Å². The molecule has 0 heterocycles. The zero-order chi connectivity index (χ0) is 16.6. The van der Waals surface area contributed by atoms with Gasteiger partial charge in [-0.05, 0) is 61.8 Å². The molecule has 5 nitrogen and oxygen atoms in total. The molecule has 3 rings (SSSR count). The van der Waals surface area contributed by atoms with Crippen LogP contribution in [-0.2, 0) is 9.84 Å². The van der Waals surface area contributed by atoms with E-state index in [9.17, 15) is 13.2 Å². The normalized spacial score (nSPS) is 29.4. The van der Waals surface area contributed by atoms with E-state index in [4.69, 9.17) is 5.73 Å². The SMILES string of the molecule is CS(=O)(=O)c1ccc(C(=O)NC2C3CCCC2CC(N)C3)cc1.Cl. The van der Waals surface area contributed by atoms with Gasteiger partial charge >= 0.3 is 0 Å². The maximum absolute atomic E-state index is 12.5. The Hall–Kier alpha value is -1.11. The largest absolute Gasteiger partial charge is 0.349 e. The van der Waals surface area contributed by atoms with Crippen molar-refractivity contribution < 1.29 is 13.2 Å². The van der Waals surface area contributed by atoms with Gasteiger partial charge in [0.25, 0.3) is 5.91 Å². The van der Waals surface area contributed by atoms with Crippen molar-refractivity contribution in [2.75, 3.05) is 6.26 Å². The Morgan fingerprint density at radius 1 is 1.12 bits per heavy atom. The van der Waals surface area contributed by atoms with Gasteiger partial charge in [0, 0.05) is 23.9 Å². The first-order valence-corrected chi connectivity index (χ1v) is 10.1. The molecule has 1 amide bonds. The molecule has 2 unspecified atom stereocenters. The predicted octanol–water partition coefficient (Wildman–Crippen LogP) is 2.15. The highest BCUT2D eigenvalue weighted by molar-refractivity contribution is 7.90. The second-order valence-electron chi connectivity index (χ2n) is 6.98. The average Bonchev–Trinajstić information content (AvgIpc) is 2.47. The molecule has 0 spiro atoms. The van der Waals surface area contributed by atoms with Gasteiger partial charge in [0.15, 0.2) is 9.84 Å². The Labute approximate surface area is 149 Å². The van der Waals surface area contributed by atoms with Crippen LogP contribution in [0.5, 0.6) is 0 Å². The standard InChI is InChI=1S/C17H24N2O3S.ClH/c1-23(21,22)15-7-5-11(6-8-15)17(20)19-16-12-3-2-4-13(16)10-14(18)9-12;/h5-8,12-14,16H,2-4,9-10,18H2,1H3,(H,19,20);1H. The van der Waals surface area contributed by atoms with E-state index in [0.29, 0.717) is 17.4 Å². The third-order valence-electron chi connectivity index (χ3n) is 5.22. The van der Waals surface area contributed by atoms with Crippen LogP contribution in [-0.4, -0.2) is 32.7 Å². The number of fused-ring (bicyclic) bond motifs is 2. The third-order valence-corrected chi connectivity index (χ3v) is 6.35. The second kappa shape index (κ2) is 7.42. The first-order chi connectivity index (χ1) is 10.8. The van der Waals surface area contributed by atoms with Crippen LogP contribution in [0.25, 0.3) is 0 Å². The Morgan fingerprint density at radius 2 is 1.67 bits per heavy atom. The summed E-state index contributed by atoms with van der Waals surface area (Å²) < 4.78 is 23.0. The molecule has 0 radical (unpaired) electrons. The van der Waals surface area contributed by atoms with Crippen molar-refractivity contribution in [2.24, 2.45) is 17.6 Å². The van der Waals surface area contributed by atoms with Crippen LogP contribution in [0.2, 0.25) is 0 Å². The Balaban J connectivity index is 0.00000208. The van der Waals surface area contributed by atoms with E-state index in [0.717, 1.165) is 31.9 Å². The third kappa shape index (κ3) is 4.10. The van der Waals surface area contributed by atoms with E-state index in [-0.39, 0.29) is 35.3 Å². The molecular weight excluding hydrogens is 348 g/mol. The molecule has 2 aliphatic rings. The molecular formula is C17H25ClN2O3S. The summed E-state index contributed by atoms with van der Waals surface area (Å²) >= 11 is 0.